The first-order valence-electron chi connectivity index (χ1n) is 6.26. The second kappa shape index (κ2) is 7.48. The fraction of sp³-hybridized carbons (Fsp3) is 0.750. The van der Waals surface area contributed by atoms with Crippen molar-refractivity contribution in [3.63, 3.8) is 0 Å². The molecule has 0 radical (unpaired) electrons. The highest BCUT2D eigenvalue weighted by molar-refractivity contribution is 7.98. The summed E-state index contributed by atoms with van der Waals surface area (Å²) >= 11 is 1.91. The van der Waals surface area contributed by atoms with Crippen LogP contribution in [0.15, 0.2) is 0 Å². The summed E-state index contributed by atoms with van der Waals surface area (Å²) in [4.78, 5) is 0. The zero-order chi connectivity index (χ0) is 12.7. The van der Waals surface area contributed by atoms with Crippen molar-refractivity contribution in [2.75, 3.05) is 29.6 Å². The van der Waals surface area contributed by atoms with Gasteiger partial charge in [0.15, 0.2) is 0 Å². The molecular weight excluding hydrogens is 232 g/mol. The van der Waals surface area contributed by atoms with Crippen LogP contribution in [-0.4, -0.2) is 28.3 Å². The van der Waals surface area contributed by atoms with Crippen molar-refractivity contribution in [3.8, 4) is 0 Å². The van der Waals surface area contributed by atoms with Crippen LogP contribution in [0.25, 0.3) is 0 Å². The minimum Gasteiger partial charge on any atom is -0.394 e. The Bertz CT molecular complexity index is 335. The van der Waals surface area contributed by atoms with E-state index in [1.807, 2.05) is 23.4 Å². The lowest BCUT2D eigenvalue weighted by Crippen LogP contribution is -2.09. The van der Waals surface area contributed by atoms with Crippen LogP contribution in [0.4, 0.5) is 11.5 Å². The normalized spacial score (nSPS) is 10.8. The Morgan fingerprint density at radius 2 is 2.12 bits per heavy atom. The highest BCUT2D eigenvalue weighted by atomic mass is 32.2. The largest absolute Gasteiger partial charge is 0.394 e. The van der Waals surface area contributed by atoms with Gasteiger partial charge in [0.2, 0.25) is 0 Å². The van der Waals surface area contributed by atoms with Gasteiger partial charge in [-0.1, -0.05) is 6.42 Å². The van der Waals surface area contributed by atoms with E-state index in [1.165, 1.54) is 25.0 Å². The van der Waals surface area contributed by atoms with Gasteiger partial charge in [0, 0.05) is 13.1 Å². The van der Waals surface area contributed by atoms with Gasteiger partial charge in [0.05, 0.1) is 11.4 Å². The summed E-state index contributed by atoms with van der Waals surface area (Å²) in [7, 11) is 0. The van der Waals surface area contributed by atoms with Gasteiger partial charge in [-0.25, -0.2) is 4.68 Å². The molecular formula is C12H24N4S. The number of unbranched alkanes of at least 4 members (excludes halogenated alkanes) is 2. The number of hydrogen-bond donors (Lipinski definition) is 2. The zero-order valence-corrected chi connectivity index (χ0v) is 11.9. The number of nitrogen functional groups attached to an aromatic ring is 1. The van der Waals surface area contributed by atoms with Crippen molar-refractivity contribution in [1.82, 2.24) is 9.78 Å². The average molecular weight is 256 g/mol. The molecule has 0 bridgehead atoms. The van der Waals surface area contributed by atoms with Crippen LogP contribution in [-0.2, 0) is 6.54 Å². The molecule has 0 aliphatic carbocycles. The summed E-state index contributed by atoms with van der Waals surface area (Å²) in [6.45, 7) is 5.86. The molecule has 0 saturated carbocycles. The van der Waals surface area contributed by atoms with Gasteiger partial charge in [-0.05, 0) is 38.7 Å². The number of hydrogen-bond acceptors (Lipinski definition) is 4. The van der Waals surface area contributed by atoms with E-state index in [9.17, 15) is 0 Å². The molecule has 0 aliphatic rings. The summed E-state index contributed by atoms with van der Waals surface area (Å²) in [6.07, 6.45) is 5.91. The zero-order valence-electron chi connectivity index (χ0n) is 11.1. The van der Waals surface area contributed by atoms with E-state index in [0.717, 1.165) is 30.3 Å². The molecule has 0 saturated heterocycles. The SMILES string of the molecule is CCn1nc(C)c(N)c1NCCCCCSC. The van der Waals surface area contributed by atoms with Crippen LogP contribution < -0.4 is 11.1 Å². The van der Waals surface area contributed by atoms with Crippen molar-refractivity contribution in [2.45, 2.75) is 39.7 Å². The minimum atomic E-state index is 0.788. The van der Waals surface area contributed by atoms with Crippen molar-refractivity contribution in [2.24, 2.45) is 0 Å². The third kappa shape index (κ3) is 4.15. The molecule has 0 unspecified atom stereocenters. The van der Waals surface area contributed by atoms with Gasteiger partial charge < -0.3 is 11.1 Å². The number of thioether (sulfide) groups is 1. The summed E-state index contributed by atoms with van der Waals surface area (Å²) < 4.78 is 1.94. The molecule has 1 rings (SSSR count). The molecule has 3 N–H and O–H groups in total. The molecule has 1 aromatic rings. The maximum atomic E-state index is 5.99. The van der Waals surface area contributed by atoms with Gasteiger partial charge in [-0.15, -0.1) is 0 Å². The second-order valence-corrected chi connectivity index (χ2v) is 5.13. The number of nitrogens with two attached hydrogens (primary N) is 1. The Balaban J connectivity index is 2.35. The fourth-order valence-electron chi connectivity index (χ4n) is 1.77. The smallest absolute Gasteiger partial charge is 0.148 e. The molecule has 98 valence electrons. The number of nitrogens with one attached hydrogen (secondary N) is 1. The number of aromatic nitrogens is 2. The Labute approximate surface area is 108 Å². The van der Waals surface area contributed by atoms with E-state index in [1.54, 1.807) is 0 Å². The Hall–Kier alpha value is -0.840. The summed E-state index contributed by atoms with van der Waals surface area (Å²) in [5.41, 5.74) is 7.69. The van der Waals surface area contributed by atoms with Gasteiger partial charge >= 0.3 is 0 Å². The second-order valence-electron chi connectivity index (χ2n) is 4.14. The lowest BCUT2D eigenvalue weighted by Gasteiger charge is -2.09. The molecule has 0 atom stereocenters. The quantitative estimate of drug-likeness (QED) is 0.702. The lowest BCUT2D eigenvalue weighted by molar-refractivity contribution is 0.653. The molecule has 0 amide bonds. The lowest BCUT2D eigenvalue weighted by atomic mass is 10.2. The van der Waals surface area contributed by atoms with Gasteiger partial charge in [-0.3, -0.25) is 0 Å². The fourth-order valence-corrected chi connectivity index (χ4v) is 2.26. The van der Waals surface area contributed by atoms with Gasteiger partial charge in [-0.2, -0.15) is 16.9 Å². The summed E-state index contributed by atoms with van der Waals surface area (Å²) in [5.74, 6) is 2.24. The number of aryl methyl sites for hydroxylation is 2. The van der Waals surface area contributed by atoms with Crippen molar-refractivity contribution >= 4 is 23.3 Å². The van der Waals surface area contributed by atoms with E-state index < -0.39 is 0 Å². The molecule has 0 aliphatic heterocycles. The molecule has 5 heteroatoms. The maximum absolute atomic E-state index is 5.99. The highest BCUT2D eigenvalue weighted by Crippen LogP contribution is 2.21. The van der Waals surface area contributed by atoms with Crippen molar-refractivity contribution < 1.29 is 0 Å². The van der Waals surface area contributed by atoms with Crippen LogP contribution in [0.1, 0.15) is 31.9 Å². The molecule has 0 fully saturated rings. The van der Waals surface area contributed by atoms with E-state index in [-0.39, 0.29) is 0 Å². The summed E-state index contributed by atoms with van der Waals surface area (Å²) in [5, 5.41) is 7.78. The minimum absolute atomic E-state index is 0.788. The third-order valence-corrected chi connectivity index (χ3v) is 3.49. The topological polar surface area (TPSA) is 55.9 Å². The standard InChI is InChI=1S/C12H24N4S/c1-4-16-12(11(13)10(2)15-16)14-8-6-5-7-9-17-3/h14H,4-9,13H2,1-3H3. The number of nitrogens with zero attached hydrogens (tertiary/aromatic N) is 2. The molecule has 1 heterocycles. The monoisotopic (exact) mass is 256 g/mol. The average Bonchev–Trinajstić information content (AvgIpc) is 2.60. The Morgan fingerprint density at radius 3 is 2.76 bits per heavy atom. The molecule has 1 aromatic heterocycles. The maximum Gasteiger partial charge on any atom is 0.148 e. The summed E-state index contributed by atoms with van der Waals surface area (Å²) in [6, 6.07) is 0. The van der Waals surface area contributed by atoms with Crippen molar-refractivity contribution in [3.05, 3.63) is 5.69 Å². The van der Waals surface area contributed by atoms with Gasteiger partial charge in [0.1, 0.15) is 5.82 Å². The molecule has 4 nitrogen and oxygen atoms in total. The van der Waals surface area contributed by atoms with E-state index >= 15 is 0 Å². The first-order valence-corrected chi connectivity index (χ1v) is 7.65. The van der Waals surface area contributed by atoms with Crippen LogP contribution >= 0.6 is 11.8 Å². The predicted molar refractivity (Wildman–Crippen MR) is 77.8 cm³/mol. The van der Waals surface area contributed by atoms with Crippen molar-refractivity contribution in [1.29, 1.82) is 0 Å². The van der Waals surface area contributed by atoms with E-state index in [4.69, 9.17) is 5.73 Å². The Kier molecular flexibility index (Phi) is 6.26. The third-order valence-electron chi connectivity index (χ3n) is 2.79. The number of rotatable bonds is 8. The molecule has 0 aromatic carbocycles. The van der Waals surface area contributed by atoms with Gasteiger partial charge in [0.25, 0.3) is 0 Å². The van der Waals surface area contributed by atoms with Crippen LogP contribution in [0.5, 0.6) is 0 Å². The van der Waals surface area contributed by atoms with E-state index in [2.05, 4.69) is 23.6 Å². The predicted octanol–water partition coefficient (Wildman–Crippen LogP) is 2.74. The first-order chi connectivity index (χ1) is 8.20. The number of anilines is 2. The molecule has 17 heavy (non-hydrogen) atoms. The Morgan fingerprint density at radius 1 is 1.35 bits per heavy atom. The van der Waals surface area contributed by atoms with Crippen LogP contribution in [0, 0.1) is 6.92 Å². The highest BCUT2D eigenvalue weighted by Gasteiger charge is 2.10. The van der Waals surface area contributed by atoms with E-state index in [0.29, 0.717) is 0 Å². The first kappa shape index (κ1) is 14.2. The van der Waals surface area contributed by atoms with Crippen LogP contribution in [0.2, 0.25) is 0 Å². The van der Waals surface area contributed by atoms with Crippen LogP contribution in [0.3, 0.4) is 0 Å². The molecule has 0 spiro atoms.